The zero-order valence-electron chi connectivity index (χ0n) is 22.4. The van der Waals surface area contributed by atoms with Crippen LogP contribution in [0.15, 0.2) is 60.8 Å². The first-order valence-corrected chi connectivity index (χ1v) is 13.1. The lowest BCUT2D eigenvalue weighted by Gasteiger charge is -2.35. The second-order valence-electron chi connectivity index (χ2n) is 9.21. The van der Waals surface area contributed by atoms with E-state index in [9.17, 15) is 29.5 Å². The monoisotopic (exact) mass is 562 g/mol. The van der Waals surface area contributed by atoms with Crippen LogP contribution in [-0.4, -0.2) is 87.6 Å². The number of aliphatic carboxylic acids is 1. The molecule has 1 fully saturated rings. The Bertz CT molecular complexity index is 1410. The van der Waals surface area contributed by atoms with E-state index < -0.39 is 29.9 Å². The quantitative estimate of drug-likeness (QED) is 0.291. The Balaban J connectivity index is 1.59. The standard InChI is InChI=1S/C28H30N6O7/c1-2-41-28(39)33-16-14-32(15-17-33)27(38)20(11-12-24(35)36)31-26(37)22-18-21(23-10-6-7-13-34(23)40)29-25(30-22)19-8-4-3-5-9-19/h3-10,13,18,20H,2,11-12,14-17H2,1H3,(H,31,37)(H,35,36)/t20-/m0/s1. The number of ether oxygens (including phenoxy) is 1. The average molecular weight is 563 g/mol. The van der Waals surface area contributed by atoms with Crippen LogP contribution < -0.4 is 10.0 Å². The Morgan fingerprint density at radius 2 is 1.71 bits per heavy atom. The highest BCUT2D eigenvalue weighted by Gasteiger charge is 2.31. The lowest BCUT2D eigenvalue weighted by molar-refractivity contribution is -0.593. The Hall–Kier alpha value is -5.07. The Labute approximate surface area is 236 Å². The molecular formula is C28H30N6O7. The maximum absolute atomic E-state index is 13.5. The van der Waals surface area contributed by atoms with Gasteiger partial charge in [-0.25, -0.2) is 14.8 Å². The van der Waals surface area contributed by atoms with Crippen molar-refractivity contribution in [3.05, 3.63) is 71.7 Å². The molecule has 0 spiro atoms. The zero-order valence-corrected chi connectivity index (χ0v) is 22.4. The first-order chi connectivity index (χ1) is 19.8. The van der Waals surface area contributed by atoms with Gasteiger partial charge in [0.1, 0.15) is 17.4 Å². The van der Waals surface area contributed by atoms with Crippen LogP contribution in [0.4, 0.5) is 4.79 Å². The lowest BCUT2D eigenvalue weighted by atomic mass is 10.1. The summed E-state index contributed by atoms with van der Waals surface area (Å²) < 4.78 is 5.63. The maximum Gasteiger partial charge on any atom is 0.409 e. The first-order valence-electron chi connectivity index (χ1n) is 13.1. The van der Waals surface area contributed by atoms with Gasteiger partial charge in [-0.15, -0.1) is 0 Å². The van der Waals surface area contributed by atoms with Gasteiger partial charge in [0.2, 0.25) is 11.6 Å². The summed E-state index contributed by atoms with van der Waals surface area (Å²) in [7, 11) is 0. The van der Waals surface area contributed by atoms with Crippen molar-refractivity contribution >= 4 is 23.9 Å². The molecule has 13 nitrogen and oxygen atoms in total. The van der Waals surface area contributed by atoms with Gasteiger partial charge in [-0.3, -0.25) is 14.4 Å². The molecule has 1 aromatic carbocycles. The van der Waals surface area contributed by atoms with Crippen molar-refractivity contribution < 1.29 is 33.8 Å². The number of piperazine rings is 1. The predicted molar refractivity (Wildman–Crippen MR) is 145 cm³/mol. The average Bonchev–Trinajstić information content (AvgIpc) is 2.99. The summed E-state index contributed by atoms with van der Waals surface area (Å²) >= 11 is 0. The fourth-order valence-corrected chi connectivity index (χ4v) is 4.34. The number of carboxylic acid groups (broad SMARTS) is 1. The lowest BCUT2D eigenvalue weighted by Crippen LogP contribution is -2.56. The molecule has 0 unspecified atom stereocenters. The molecule has 214 valence electrons. The number of aromatic nitrogens is 3. The van der Waals surface area contributed by atoms with Crippen LogP contribution in [0.2, 0.25) is 0 Å². The van der Waals surface area contributed by atoms with Crippen molar-refractivity contribution in [1.82, 2.24) is 25.1 Å². The van der Waals surface area contributed by atoms with E-state index in [1.807, 2.05) is 6.07 Å². The molecule has 1 aliphatic heterocycles. The fraction of sp³-hybridized carbons (Fsp3) is 0.321. The van der Waals surface area contributed by atoms with Crippen LogP contribution in [0.3, 0.4) is 0 Å². The number of rotatable bonds is 9. The van der Waals surface area contributed by atoms with Gasteiger partial charge in [-0.1, -0.05) is 30.3 Å². The third-order valence-corrected chi connectivity index (χ3v) is 6.44. The van der Waals surface area contributed by atoms with Crippen molar-refractivity contribution in [3.8, 4) is 22.8 Å². The van der Waals surface area contributed by atoms with Crippen molar-refractivity contribution in [2.45, 2.75) is 25.8 Å². The smallest absolute Gasteiger partial charge is 0.409 e. The number of carbonyl (C=O) groups is 4. The molecule has 13 heteroatoms. The molecule has 3 amide bonds. The van der Waals surface area contributed by atoms with E-state index in [0.29, 0.717) is 10.3 Å². The van der Waals surface area contributed by atoms with Gasteiger partial charge in [0.05, 0.1) is 6.61 Å². The SMILES string of the molecule is CCOC(=O)N1CCN(C(=O)[C@H](CCC(=O)O)NC(=O)c2cc(-c3cccc[n+]3[O-])nc(-c3ccccc3)n2)CC1. The normalized spacial score (nSPS) is 13.8. The van der Waals surface area contributed by atoms with Gasteiger partial charge >= 0.3 is 12.1 Å². The number of nitrogens with one attached hydrogen (secondary N) is 1. The van der Waals surface area contributed by atoms with Crippen LogP contribution in [0.5, 0.6) is 0 Å². The number of hydrogen-bond acceptors (Lipinski definition) is 8. The third-order valence-electron chi connectivity index (χ3n) is 6.44. The highest BCUT2D eigenvalue weighted by atomic mass is 16.6. The number of nitrogens with zero attached hydrogens (tertiary/aromatic N) is 5. The molecule has 41 heavy (non-hydrogen) atoms. The zero-order chi connectivity index (χ0) is 29.4. The number of pyridine rings is 1. The van der Waals surface area contributed by atoms with Crippen LogP contribution in [0.25, 0.3) is 22.8 Å². The van der Waals surface area contributed by atoms with E-state index in [4.69, 9.17) is 4.74 Å². The molecule has 1 saturated heterocycles. The minimum Gasteiger partial charge on any atom is -0.618 e. The second-order valence-corrected chi connectivity index (χ2v) is 9.21. The molecule has 3 aromatic rings. The minimum absolute atomic E-state index is 0.0991. The summed E-state index contributed by atoms with van der Waals surface area (Å²) in [6.07, 6.45) is 0.328. The van der Waals surface area contributed by atoms with Crippen LogP contribution in [-0.2, 0) is 14.3 Å². The molecule has 4 rings (SSSR count). The highest BCUT2D eigenvalue weighted by molar-refractivity contribution is 5.97. The molecule has 2 N–H and O–H groups in total. The minimum atomic E-state index is -1.16. The molecule has 0 bridgehead atoms. The molecule has 3 heterocycles. The Morgan fingerprint density at radius 3 is 2.37 bits per heavy atom. The molecular weight excluding hydrogens is 532 g/mol. The molecule has 0 radical (unpaired) electrons. The summed E-state index contributed by atoms with van der Waals surface area (Å²) in [4.78, 5) is 62.1. The number of amides is 3. The molecule has 0 aliphatic carbocycles. The largest absolute Gasteiger partial charge is 0.618 e. The maximum atomic E-state index is 13.5. The Morgan fingerprint density at radius 1 is 1.02 bits per heavy atom. The van der Waals surface area contributed by atoms with E-state index in [2.05, 4.69) is 15.3 Å². The molecule has 1 atom stereocenters. The fourth-order valence-electron chi connectivity index (χ4n) is 4.34. The van der Waals surface area contributed by atoms with E-state index in [1.54, 1.807) is 49.4 Å². The summed E-state index contributed by atoms with van der Waals surface area (Å²) in [5.74, 6) is -2.13. The van der Waals surface area contributed by atoms with Gasteiger partial charge < -0.3 is 30.2 Å². The van der Waals surface area contributed by atoms with Gasteiger partial charge in [0.25, 0.3) is 5.91 Å². The van der Waals surface area contributed by atoms with Gasteiger partial charge in [-0.05, 0) is 19.4 Å². The summed E-state index contributed by atoms with van der Waals surface area (Å²) in [6.45, 7) is 2.82. The number of carbonyl (C=O) groups excluding carboxylic acids is 3. The second kappa shape index (κ2) is 13.3. The third kappa shape index (κ3) is 7.32. The van der Waals surface area contributed by atoms with E-state index >= 15 is 0 Å². The highest BCUT2D eigenvalue weighted by Crippen LogP contribution is 2.21. The van der Waals surface area contributed by atoms with Gasteiger partial charge in [0.15, 0.2) is 12.0 Å². The van der Waals surface area contributed by atoms with Crippen LogP contribution >= 0.6 is 0 Å². The summed E-state index contributed by atoms with van der Waals surface area (Å²) in [6, 6.07) is 13.9. The number of carboxylic acids is 1. The molecule has 1 aliphatic rings. The van der Waals surface area contributed by atoms with E-state index in [-0.39, 0.29) is 68.5 Å². The first kappa shape index (κ1) is 28.9. The number of hydrogen-bond donors (Lipinski definition) is 2. The molecule has 0 saturated carbocycles. The predicted octanol–water partition coefficient (Wildman–Crippen LogP) is 1.71. The molecule has 2 aromatic heterocycles. The van der Waals surface area contributed by atoms with E-state index in [1.165, 1.54) is 22.1 Å². The number of benzene rings is 1. The Kier molecular flexibility index (Phi) is 9.40. The van der Waals surface area contributed by atoms with Crippen molar-refractivity contribution in [1.29, 1.82) is 0 Å². The van der Waals surface area contributed by atoms with Crippen LogP contribution in [0.1, 0.15) is 30.3 Å². The van der Waals surface area contributed by atoms with Crippen LogP contribution in [0, 0.1) is 5.21 Å². The van der Waals surface area contributed by atoms with Crippen molar-refractivity contribution in [3.63, 3.8) is 0 Å². The summed E-state index contributed by atoms with van der Waals surface area (Å²) in [5, 5.41) is 24.4. The van der Waals surface area contributed by atoms with Gasteiger partial charge in [-0.2, -0.15) is 4.73 Å². The van der Waals surface area contributed by atoms with Crippen molar-refractivity contribution in [2.24, 2.45) is 0 Å². The summed E-state index contributed by atoms with van der Waals surface area (Å²) in [5.41, 5.74) is 0.898. The van der Waals surface area contributed by atoms with E-state index in [0.717, 1.165) is 0 Å². The van der Waals surface area contributed by atoms with Gasteiger partial charge in [0, 0.05) is 56.4 Å². The topological polar surface area (TPSA) is 169 Å². The van der Waals surface area contributed by atoms with Crippen molar-refractivity contribution in [2.75, 3.05) is 32.8 Å².